The Bertz CT molecular complexity index is 407. The van der Waals surface area contributed by atoms with Gasteiger partial charge in [0.2, 0.25) is 0 Å². The van der Waals surface area contributed by atoms with Gasteiger partial charge in [-0.15, -0.1) is 0 Å². The van der Waals surface area contributed by atoms with E-state index in [0.717, 1.165) is 12.0 Å². The van der Waals surface area contributed by atoms with Crippen LogP contribution in [0.25, 0.3) is 0 Å². The molecule has 0 aliphatic rings. The molecule has 1 atom stereocenters. The Kier molecular flexibility index (Phi) is 6.48. The highest BCUT2D eigenvalue weighted by Crippen LogP contribution is 2.07. The number of amides is 1. The molecule has 0 radical (unpaired) electrons. The first-order valence-electron chi connectivity index (χ1n) is 6.89. The van der Waals surface area contributed by atoms with Crippen LogP contribution < -0.4 is 5.32 Å². The second-order valence-electron chi connectivity index (χ2n) is 5.29. The molecule has 5 heteroatoms. The van der Waals surface area contributed by atoms with Crippen molar-refractivity contribution in [1.29, 1.82) is 0 Å². The average Bonchev–Trinajstić information content (AvgIpc) is 2.39. The molecule has 5 nitrogen and oxygen atoms in total. The van der Waals surface area contributed by atoms with E-state index in [4.69, 9.17) is 5.11 Å². The summed E-state index contributed by atoms with van der Waals surface area (Å²) in [4.78, 5) is 12.3. The van der Waals surface area contributed by atoms with Crippen molar-refractivity contribution in [3.63, 3.8) is 0 Å². The van der Waals surface area contributed by atoms with E-state index in [1.165, 1.54) is 4.90 Å². The average molecular weight is 280 g/mol. The topological polar surface area (TPSA) is 72.8 Å². The third-order valence-corrected chi connectivity index (χ3v) is 2.97. The molecule has 0 aliphatic carbocycles. The molecule has 0 saturated heterocycles. The molecule has 20 heavy (non-hydrogen) atoms. The highest BCUT2D eigenvalue weighted by atomic mass is 16.4. The van der Waals surface area contributed by atoms with E-state index in [1.54, 1.807) is 6.92 Å². The van der Waals surface area contributed by atoms with Crippen LogP contribution in [-0.4, -0.2) is 46.4 Å². The largest absolute Gasteiger partial charge is 0.465 e. The summed E-state index contributed by atoms with van der Waals surface area (Å²) in [5, 5.41) is 22.5. The number of carbonyl (C=O) groups is 1. The minimum atomic E-state index is -1.08. The number of hydrogen-bond donors (Lipinski definition) is 3. The molecular formula is C15H24N2O3. The Morgan fingerprint density at radius 3 is 2.55 bits per heavy atom. The van der Waals surface area contributed by atoms with E-state index in [1.807, 2.05) is 37.3 Å². The second-order valence-corrected chi connectivity index (χ2v) is 5.29. The van der Waals surface area contributed by atoms with Crippen LogP contribution >= 0.6 is 0 Å². The first-order valence-corrected chi connectivity index (χ1v) is 6.89. The quantitative estimate of drug-likeness (QED) is 0.680. The molecule has 1 aromatic rings. The third kappa shape index (κ3) is 6.04. The first-order chi connectivity index (χ1) is 9.44. The molecule has 0 aliphatic heterocycles. The normalized spacial score (nSPS) is 13.8. The van der Waals surface area contributed by atoms with Crippen molar-refractivity contribution in [3.05, 3.63) is 35.9 Å². The molecule has 1 amide bonds. The van der Waals surface area contributed by atoms with Crippen molar-refractivity contribution in [2.24, 2.45) is 0 Å². The van der Waals surface area contributed by atoms with E-state index in [-0.39, 0.29) is 6.54 Å². The van der Waals surface area contributed by atoms with Gasteiger partial charge in [-0.05, 0) is 18.9 Å². The Labute approximate surface area is 120 Å². The van der Waals surface area contributed by atoms with Crippen LogP contribution in [0.2, 0.25) is 0 Å². The summed E-state index contributed by atoms with van der Waals surface area (Å²) in [7, 11) is 0. The Morgan fingerprint density at radius 1 is 1.35 bits per heavy atom. The van der Waals surface area contributed by atoms with Crippen LogP contribution in [-0.2, 0) is 6.54 Å². The fourth-order valence-electron chi connectivity index (χ4n) is 2.05. The van der Waals surface area contributed by atoms with Crippen LogP contribution in [0.1, 0.15) is 25.8 Å². The van der Waals surface area contributed by atoms with E-state index < -0.39 is 11.7 Å². The molecule has 0 fully saturated rings. The lowest BCUT2D eigenvalue weighted by atomic mass is 10.1. The van der Waals surface area contributed by atoms with Gasteiger partial charge >= 0.3 is 6.09 Å². The number of nitrogens with one attached hydrogen (secondary N) is 1. The first kappa shape index (κ1) is 16.5. The number of hydrogen-bond acceptors (Lipinski definition) is 3. The highest BCUT2D eigenvalue weighted by Gasteiger charge is 2.25. The van der Waals surface area contributed by atoms with Crippen molar-refractivity contribution >= 4 is 6.09 Å². The number of benzene rings is 1. The van der Waals surface area contributed by atoms with Crippen LogP contribution in [0, 0.1) is 0 Å². The van der Waals surface area contributed by atoms with Crippen molar-refractivity contribution in [1.82, 2.24) is 10.2 Å². The van der Waals surface area contributed by atoms with Gasteiger partial charge < -0.3 is 20.4 Å². The number of carboxylic acid groups (broad SMARTS) is 1. The Hall–Kier alpha value is -1.59. The van der Waals surface area contributed by atoms with Gasteiger partial charge in [-0.2, -0.15) is 0 Å². The third-order valence-electron chi connectivity index (χ3n) is 2.97. The van der Waals surface area contributed by atoms with Crippen molar-refractivity contribution < 1.29 is 15.0 Å². The zero-order valence-electron chi connectivity index (χ0n) is 12.2. The lowest BCUT2D eigenvalue weighted by Gasteiger charge is -2.30. The lowest BCUT2D eigenvalue weighted by molar-refractivity contribution is 0.0218. The van der Waals surface area contributed by atoms with Crippen LogP contribution in [0.15, 0.2) is 30.3 Å². The van der Waals surface area contributed by atoms with E-state index in [2.05, 4.69) is 5.32 Å². The maximum atomic E-state index is 11.1. The summed E-state index contributed by atoms with van der Waals surface area (Å²) in [6.45, 7) is 5.10. The molecule has 0 aromatic heterocycles. The van der Waals surface area contributed by atoms with Crippen LogP contribution in [0.5, 0.6) is 0 Å². The summed E-state index contributed by atoms with van der Waals surface area (Å²) in [6, 6.07) is 9.88. The second kappa shape index (κ2) is 7.87. The minimum absolute atomic E-state index is 0.109. The van der Waals surface area contributed by atoms with Gasteiger partial charge in [-0.1, -0.05) is 37.3 Å². The smallest absolute Gasteiger partial charge is 0.407 e. The van der Waals surface area contributed by atoms with Crippen molar-refractivity contribution in [2.45, 2.75) is 32.4 Å². The van der Waals surface area contributed by atoms with Crippen LogP contribution in [0.4, 0.5) is 4.79 Å². The van der Waals surface area contributed by atoms with Crippen molar-refractivity contribution in [3.8, 4) is 0 Å². The number of nitrogens with zero attached hydrogens (tertiary/aromatic N) is 1. The van der Waals surface area contributed by atoms with E-state index in [9.17, 15) is 9.90 Å². The summed E-state index contributed by atoms with van der Waals surface area (Å²) >= 11 is 0. The van der Waals surface area contributed by atoms with Crippen molar-refractivity contribution in [2.75, 3.05) is 19.6 Å². The maximum Gasteiger partial charge on any atom is 0.407 e. The predicted molar refractivity (Wildman–Crippen MR) is 78.7 cm³/mol. The number of rotatable bonds is 8. The fraction of sp³-hybridized carbons (Fsp3) is 0.533. The summed E-state index contributed by atoms with van der Waals surface area (Å²) < 4.78 is 0. The predicted octanol–water partition coefficient (Wildman–Crippen LogP) is 1.92. The Balaban J connectivity index is 2.42. The molecular weight excluding hydrogens is 256 g/mol. The van der Waals surface area contributed by atoms with Gasteiger partial charge in [0, 0.05) is 19.6 Å². The number of aliphatic hydroxyl groups is 1. The molecule has 0 saturated carbocycles. The molecule has 112 valence electrons. The molecule has 1 aromatic carbocycles. The van der Waals surface area contributed by atoms with Gasteiger partial charge in [0.05, 0.1) is 12.1 Å². The molecule has 1 unspecified atom stereocenters. The summed E-state index contributed by atoms with van der Waals surface area (Å²) in [6.07, 6.45) is -0.255. The highest BCUT2D eigenvalue weighted by molar-refractivity contribution is 5.65. The van der Waals surface area contributed by atoms with E-state index >= 15 is 0 Å². The minimum Gasteiger partial charge on any atom is -0.465 e. The van der Waals surface area contributed by atoms with Crippen LogP contribution in [0.3, 0.4) is 0 Å². The lowest BCUT2D eigenvalue weighted by Crippen LogP contribution is -2.49. The molecule has 0 spiro atoms. The van der Waals surface area contributed by atoms with Gasteiger partial charge in [-0.25, -0.2) is 4.79 Å². The van der Waals surface area contributed by atoms with Gasteiger partial charge in [-0.3, -0.25) is 0 Å². The summed E-state index contributed by atoms with van der Waals surface area (Å²) in [5.41, 5.74) is 0.0504. The molecule has 0 heterocycles. The maximum absolute atomic E-state index is 11.1. The summed E-state index contributed by atoms with van der Waals surface area (Å²) in [5.74, 6) is 0. The molecule has 3 N–H and O–H groups in total. The van der Waals surface area contributed by atoms with Gasteiger partial charge in [0.25, 0.3) is 0 Å². The van der Waals surface area contributed by atoms with Gasteiger partial charge in [0.15, 0.2) is 0 Å². The Morgan fingerprint density at radius 2 is 2.00 bits per heavy atom. The standard InChI is InChI=1S/C15H24N2O3/c1-3-9-17(14(18)19)12-15(2,20)11-16-10-13-7-5-4-6-8-13/h4-8,16,20H,3,9-12H2,1-2H3,(H,18,19). The molecule has 1 rings (SSSR count). The SMILES string of the molecule is CCCN(CC(C)(O)CNCc1ccccc1)C(=O)O. The fourth-order valence-corrected chi connectivity index (χ4v) is 2.05. The zero-order valence-corrected chi connectivity index (χ0v) is 12.2. The van der Waals surface area contributed by atoms with Gasteiger partial charge in [0.1, 0.15) is 0 Å². The zero-order chi connectivity index (χ0) is 15.0. The van der Waals surface area contributed by atoms with E-state index in [0.29, 0.717) is 19.6 Å². The molecule has 0 bridgehead atoms. The monoisotopic (exact) mass is 280 g/mol.